The molecule has 2 aliphatic rings. The molecule has 134 valence electrons. The number of nitrogens with zero attached hydrogens (tertiary/aromatic N) is 2. The first-order chi connectivity index (χ1) is 11.9. The van der Waals surface area contributed by atoms with Gasteiger partial charge in [-0.2, -0.15) is 0 Å². The van der Waals surface area contributed by atoms with Crippen molar-refractivity contribution >= 4 is 29.2 Å². The molecule has 2 fully saturated rings. The molecule has 1 aromatic rings. The number of benzene rings is 1. The highest BCUT2D eigenvalue weighted by atomic mass is 19.1. The molecule has 4 amide bonds. The van der Waals surface area contributed by atoms with E-state index in [1.54, 1.807) is 12.1 Å². The van der Waals surface area contributed by atoms with Crippen LogP contribution in [-0.2, 0) is 9.59 Å². The molecule has 25 heavy (non-hydrogen) atoms. The fraction of sp³-hybridized carbons (Fsp3) is 0.438. The van der Waals surface area contributed by atoms with Crippen LogP contribution in [0, 0.1) is 5.82 Å². The monoisotopic (exact) mass is 349 g/mol. The Morgan fingerprint density at radius 2 is 1.96 bits per heavy atom. The Kier molecular flexibility index (Phi) is 4.73. The van der Waals surface area contributed by atoms with Crippen LogP contribution in [0.4, 0.5) is 20.6 Å². The van der Waals surface area contributed by atoms with Crippen molar-refractivity contribution in [3.63, 3.8) is 0 Å². The van der Waals surface area contributed by atoms with Crippen molar-refractivity contribution in [3.8, 4) is 0 Å². The molecule has 2 heterocycles. The van der Waals surface area contributed by atoms with E-state index in [2.05, 4.69) is 10.6 Å². The second-order valence-electron chi connectivity index (χ2n) is 6.13. The number of urea groups is 1. The van der Waals surface area contributed by atoms with Crippen molar-refractivity contribution < 1.29 is 18.8 Å². The lowest BCUT2D eigenvalue weighted by Gasteiger charge is -2.35. The maximum absolute atomic E-state index is 14.5. The highest BCUT2D eigenvalue weighted by Crippen LogP contribution is 2.25. The molecule has 0 aromatic heterocycles. The third kappa shape index (κ3) is 3.81. The summed E-state index contributed by atoms with van der Waals surface area (Å²) in [6.45, 7) is 1.90. The lowest BCUT2D eigenvalue weighted by Crippen LogP contribution is -2.50. The molecule has 8 nitrogen and oxygen atoms in total. The molecule has 0 radical (unpaired) electrons. The van der Waals surface area contributed by atoms with Crippen LogP contribution in [0.2, 0.25) is 0 Å². The van der Waals surface area contributed by atoms with Gasteiger partial charge in [0.05, 0.1) is 5.69 Å². The quantitative estimate of drug-likeness (QED) is 0.678. The third-order valence-corrected chi connectivity index (χ3v) is 4.46. The predicted octanol–water partition coefficient (Wildman–Crippen LogP) is 0.244. The molecule has 2 saturated heterocycles. The molecule has 0 saturated carbocycles. The van der Waals surface area contributed by atoms with Gasteiger partial charge in [-0.05, 0) is 24.6 Å². The highest BCUT2D eigenvalue weighted by Gasteiger charge is 2.27. The Labute approximate surface area is 144 Å². The summed E-state index contributed by atoms with van der Waals surface area (Å²) < 4.78 is 14.5. The number of hydrogen-bond donors (Lipinski definition) is 3. The van der Waals surface area contributed by atoms with Gasteiger partial charge in [-0.15, -0.1) is 0 Å². The summed E-state index contributed by atoms with van der Waals surface area (Å²) in [5.74, 6) is -1.10. The van der Waals surface area contributed by atoms with Gasteiger partial charge in [0.15, 0.2) is 0 Å². The first-order valence-electron chi connectivity index (χ1n) is 8.13. The van der Waals surface area contributed by atoms with Gasteiger partial charge in [-0.3, -0.25) is 14.9 Å². The van der Waals surface area contributed by atoms with Crippen LogP contribution in [0.15, 0.2) is 18.2 Å². The number of hydrogen-bond acceptors (Lipinski definition) is 5. The average Bonchev–Trinajstić information content (AvgIpc) is 2.58. The molecule has 3 rings (SSSR count). The predicted molar refractivity (Wildman–Crippen MR) is 89.6 cm³/mol. The summed E-state index contributed by atoms with van der Waals surface area (Å²) in [7, 11) is 0. The Bertz CT molecular complexity index is 703. The van der Waals surface area contributed by atoms with Gasteiger partial charge >= 0.3 is 6.03 Å². The lowest BCUT2D eigenvalue weighted by atomic mass is 10.1. The van der Waals surface area contributed by atoms with E-state index in [0.717, 1.165) is 0 Å². The summed E-state index contributed by atoms with van der Waals surface area (Å²) in [6.07, 6.45) is 0.636. The van der Waals surface area contributed by atoms with Gasteiger partial charge in [0.25, 0.3) is 0 Å². The molecule has 0 aliphatic carbocycles. The second-order valence-corrected chi connectivity index (χ2v) is 6.13. The number of primary amides is 1. The topological polar surface area (TPSA) is 108 Å². The molecule has 0 bridgehead atoms. The SMILES string of the molecule is NC(=O)N1CCN(c2ccc(NC3CCC(=O)NC3=O)cc2F)CC1. The van der Waals surface area contributed by atoms with Gasteiger partial charge in [0.1, 0.15) is 11.9 Å². The maximum atomic E-state index is 14.5. The van der Waals surface area contributed by atoms with Crippen LogP contribution in [0.1, 0.15) is 12.8 Å². The van der Waals surface area contributed by atoms with Crippen LogP contribution in [0.3, 0.4) is 0 Å². The number of imide groups is 1. The van der Waals surface area contributed by atoms with E-state index in [9.17, 15) is 18.8 Å². The molecule has 4 N–H and O–H groups in total. The van der Waals surface area contributed by atoms with Crippen molar-refractivity contribution in [2.75, 3.05) is 36.4 Å². The third-order valence-electron chi connectivity index (χ3n) is 4.46. The average molecular weight is 349 g/mol. The van der Waals surface area contributed by atoms with Gasteiger partial charge in [0.2, 0.25) is 11.8 Å². The summed E-state index contributed by atoms with van der Waals surface area (Å²) in [5, 5.41) is 5.21. The molecular formula is C16H20FN5O3. The maximum Gasteiger partial charge on any atom is 0.314 e. The van der Waals surface area contributed by atoms with Crippen molar-refractivity contribution in [2.24, 2.45) is 5.73 Å². The van der Waals surface area contributed by atoms with E-state index in [-0.39, 0.29) is 12.3 Å². The van der Waals surface area contributed by atoms with E-state index in [1.165, 1.54) is 11.0 Å². The summed E-state index contributed by atoms with van der Waals surface area (Å²) >= 11 is 0. The number of nitrogens with one attached hydrogen (secondary N) is 2. The number of piperidine rings is 1. The first-order valence-corrected chi connectivity index (χ1v) is 8.13. The standard InChI is InChI=1S/C16H20FN5O3/c17-11-9-10(19-12-2-4-14(23)20-15(12)24)1-3-13(11)21-5-7-22(8-6-21)16(18)25/h1,3,9,12,19H,2,4-8H2,(H2,18,25)(H,20,23,24). The van der Waals surface area contributed by atoms with Crippen LogP contribution in [0.25, 0.3) is 0 Å². The second kappa shape index (κ2) is 6.96. The zero-order chi connectivity index (χ0) is 18.0. The summed E-state index contributed by atoms with van der Waals surface area (Å²) in [5.41, 5.74) is 6.16. The number of rotatable bonds is 3. The minimum absolute atomic E-state index is 0.258. The largest absolute Gasteiger partial charge is 0.374 e. The fourth-order valence-electron chi connectivity index (χ4n) is 3.05. The van der Waals surface area contributed by atoms with Crippen molar-refractivity contribution in [3.05, 3.63) is 24.0 Å². The number of halogens is 1. The van der Waals surface area contributed by atoms with E-state index >= 15 is 0 Å². The van der Waals surface area contributed by atoms with Crippen LogP contribution in [0.5, 0.6) is 0 Å². The van der Waals surface area contributed by atoms with E-state index in [4.69, 9.17) is 5.73 Å². The van der Waals surface area contributed by atoms with Crippen molar-refractivity contribution in [2.45, 2.75) is 18.9 Å². The molecule has 1 atom stereocenters. The molecule has 9 heteroatoms. The Morgan fingerprint density at radius 3 is 2.56 bits per heavy atom. The molecule has 0 spiro atoms. The van der Waals surface area contributed by atoms with Gasteiger partial charge in [-0.25, -0.2) is 9.18 Å². The number of anilines is 2. The van der Waals surface area contributed by atoms with E-state index in [0.29, 0.717) is 44.0 Å². The summed E-state index contributed by atoms with van der Waals surface area (Å²) in [4.78, 5) is 37.4. The van der Waals surface area contributed by atoms with Crippen molar-refractivity contribution in [1.82, 2.24) is 10.2 Å². The summed E-state index contributed by atoms with van der Waals surface area (Å²) in [6, 6.07) is 3.65. The minimum atomic E-state index is -0.554. The van der Waals surface area contributed by atoms with Crippen LogP contribution in [-0.4, -0.2) is 55.0 Å². The van der Waals surface area contributed by atoms with E-state index in [1.807, 2.05) is 4.90 Å². The van der Waals surface area contributed by atoms with Gasteiger partial charge in [0, 0.05) is 38.3 Å². The van der Waals surface area contributed by atoms with Crippen LogP contribution < -0.4 is 21.3 Å². The molecular weight excluding hydrogens is 329 g/mol. The zero-order valence-corrected chi connectivity index (χ0v) is 13.6. The zero-order valence-electron chi connectivity index (χ0n) is 13.6. The van der Waals surface area contributed by atoms with Gasteiger partial charge in [-0.1, -0.05) is 0 Å². The van der Waals surface area contributed by atoms with Crippen molar-refractivity contribution in [1.29, 1.82) is 0 Å². The fourth-order valence-corrected chi connectivity index (χ4v) is 3.05. The Balaban J connectivity index is 1.64. The first kappa shape index (κ1) is 17.0. The number of carbonyl (C=O) groups excluding carboxylic acids is 3. The Hall–Kier alpha value is -2.84. The van der Waals surface area contributed by atoms with Crippen LogP contribution >= 0.6 is 0 Å². The normalized spacial score (nSPS) is 21.1. The van der Waals surface area contributed by atoms with Gasteiger partial charge < -0.3 is 20.9 Å². The lowest BCUT2D eigenvalue weighted by molar-refractivity contribution is -0.133. The Morgan fingerprint density at radius 1 is 1.24 bits per heavy atom. The molecule has 1 unspecified atom stereocenters. The molecule has 2 aliphatic heterocycles. The highest BCUT2D eigenvalue weighted by molar-refractivity contribution is 6.01. The van der Waals surface area contributed by atoms with E-state index < -0.39 is 23.8 Å². The molecule has 1 aromatic carbocycles. The number of nitrogens with two attached hydrogens (primary N) is 1. The smallest absolute Gasteiger partial charge is 0.314 e. The number of carbonyl (C=O) groups is 3. The minimum Gasteiger partial charge on any atom is -0.374 e. The number of amides is 4. The number of piperazine rings is 1.